The van der Waals surface area contributed by atoms with E-state index >= 15 is 0 Å². The normalized spacial score (nSPS) is 13.8. The molecule has 6 atom stereocenters. The van der Waals surface area contributed by atoms with Crippen molar-refractivity contribution in [2.24, 2.45) is 11.8 Å². The Labute approximate surface area is 557 Å². The molecule has 4 N–H and O–H groups in total. The van der Waals surface area contributed by atoms with Gasteiger partial charge in [-0.2, -0.15) is 0 Å². The first-order chi connectivity index (χ1) is 41.0. The summed E-state index contributed by atoms with van der Waals surface area (Å²) in [4.78, 5) is 33.1. The molecule has 0 radical (unpaired) electrons. The number of terminal acetylenes is 1. The quantitative estimate of drug-likeness (QED) is 0.0135. The first kappa shape index (κ1) is 92.5. The van der Waals surface area contributed by atoms with Crippen molar-refractivity contribution in [3.05, 3.63) is 83.1 Å². The molecule has 0 amide bonds. The fourth-order valence-corrected chi connectivity index (χ4v) is 9.46. The van der Waals surface area contributed by atoms with Crippen LogP contribution in [0.5, 0.6) is 0 Å². The van der Waals surface area contributed by atoms with Crippen molar-refractivity contribution < 1.29 is 48.3 Å². The van der Waals surface area contributed by atoms with Crippen molar-refractivity contribution in [1.82, 2.24) is 5.32 Å². The number of aliphatic hydroxyl groups is 3. The maximum Gasteiger partial charge on any atom is 0.305 e. The van der Waals surface area contributed by atoms with Gasteiger partial charge in [0.05, 0.1) is 32.0 Å². The number of hydrogen-bond donors (Lipinski definition) is 4. The third kappa shape index (κ3) is 74.3. The van der Waals surface area contributed by atoms with Crippen LogP contribution in [0.15, 0.2) is 83.1 Å². The second-order valence-electron chi connectivity index (χ2n) is 25.3. The Morgan fingerprint density at radius 1 is 0.545 bits per heavy atom. The summed E-state index contributed by atoms with van der Waals surface area (Å²) < 4.78 is 22.9. The second-order valence-corrected chi connectivity index (χ2v) is 45.1. The summed E-state index contributed by atoms with van der Waals surface area (Å²) in [7, 11) is -5.59. The lowest BCUT2D eigenvalue weighted by Gasteiger charge is -2.38. The molecular weight excluding hydrogens is 1280 g/mol. The van der Waals surface area contributed by atoms with Gasteiger partial charge in [0, 0.05) is 38.5 Å². The lowest BCUT2D eigenvalue weighted by atomic mass is 10.1. The van der Waals surface area contributed by atoms with Crippen LogP contribution in [-0.2, 0) is 33.0 Å². The van der Waals surface area contributed by atoms with E-state index in [1.165, 1.54) is 0 Å². The Kier molecular flexibility index (Phi) is 60.9. The number of rotatable bonds is 30. The molecule has 88 heavy (non-hydrogen) atoms. The molecule has 0 saturated carbocycles. The van der Waals surface area contributed by atoms with Crippen molar-refractivity contribution in [3.63, 3.8) is 0 Å². The minimum Gasteiger partial charge on any atom is -0.466 e. The highest BCUT2D eigenvalue weighted by atomic mass is 127. The molecule has 0 rings (SSSR count). The number of esters is 3. The Morgan fingerprint density at radius 3 is 1.31 bits per heavy atom. The average Bonchev–Trinajstić information content (AvgIpc) is 2.12. The zero-order valence-electron chi connectivity index (χ0n) is 58.7. The van der Waals surface area contributed by atoms with Gasteiger partial charge in [-0.05, 0) is 113 Å². The molecule has 498 valence electrons. The van der Waals surface area contributed by atoms with Crippen LogP contribution in [0.2, 0.25) is 77.1 Å². The summed E-state index contributed by atoms with van der Waals surface area (Å²) in [6, 6.07) is 0. The minimum atomic E-state index is -1.76. The number of carbonyl (C=O) groups is 3. The van der Waals surface area contributed by atoms with Crippen LogP contribution in [-0.4, -0.2) is 123 Å². The van der Waals surface area contributed by atoms with Gasteiger partial charge in [-0.3, -0.25) is 14.4 Å². The van der Waals surface area contributed by atoms with Gasteiger partial charge < -0.3 is 39.3 Å². The Bertz CT molecular complexity index is 2360. The molecule has 0 aromatic heterocycles. The van der Waals surface area contributed by atoms with Gasteiger partial charge in [0.2, 0.25) is 0 Å². The molecule has 0 aromatic rings. The Hall–Kier alpha value is -4.21. The van der Waals surface area contributed by atoms with E-state index in [2.05, 4.69) is 230 Å². The van der Waals surface area contributed by atoms with Gasteiger partial charge in [-0.15, -0.1) is 40.8 Å². The Morgan fingerprint density at radius 2 is 0.932 bits per heavy atom. The molecule has 11 nitrogen and oxygen atoms in total. The predicted molar refractivity (Wildman–Crippen MR) is 396 cm³/mol. The average molecular weight is 1400 g/mol. The number of nitrogens with one attached hydrogen (secondary N) is 1. The summed E-state index contributed by atoms with van der Waals surface area (Å²) in [6.45, 7) is 49.0. The summed E-state index contributed by atoms with van der Waals surface area (Å²) in [5.41, 5.74) is 10.2. The standard InChI is InChI=1S/C21H34O3Si.C21H32O3Si.C17H31IOSi2.C9H14O3.C4H11N/c2*1-6-24-21(23)17-11-16-20(22)15-10-8-7-9-13-19(2)14-12-18-25(3,4)5;1-17(2,3)21(7,8)19-16(12-9-10-14-18)13-11-15-20(4,5)6;1-3-8(10)6-5-7-9(11)12-4-2;1-3-5-4-2/h7-10,13,15,19-20,22H,6,11,14,16-17H2,1-5H3;7-9,13,19-20,22H,6,11,14,16-17H2,1-5H3;9-10,12,14,16H,13H2,1-8H3;1,8,10H,4-7H2,2H3;5H,3-4H2,1-2H3/b8-7+,13-9+,15-10-;8-7+,13-9+;12-9+,14-10+;;/t2*19-,20+;16-;8-;/m0001./s1. The summed E-state index contributed by atoms with van der Waals surface area (Å²) in [5.74, 6) is 17.8. The van der Waals surface area contributed by atoms with Crippen molar-refractivity contribution in [2.75, 3.05) is 32.9 Å². The fraction of sp³-hybridized carbons (Fsp3) is 0.625. The number of aliphatic hydroxyl groups excluding tert-OH is 3. The van der Waals surface area contributed by atoms with Crippen LogP contribution in [0.3, 0.4) is 0 Å². The van der Waals surface area contributed by atoms with E-state index in [0.29, 0.717) is 89.4 Å². The molecule has 16 heteroatoms. The first-order valence-corrected chi connectivity index (χ1v) is 46.3. The molecule has 0 aromatic carbocycles. The van der Waals surface area contributed by atoms with E-state index in [1.807, 2.05) is 46.6 Å². The summed E-state index contributed by atoms with van der Waals surface area (Å²) >= 11 is 2.23. The molecule has 0 aliphatic rings. The molecule has 0 unspecified atom stereocenters. The number of hydrogen-bond acceptors (Lipinski definition) is 11. The highest BCUT2D eigenvalue weighted by Gasteiger charge is 2.38. The third-order valence-corrected chi connectivity index (χ3v) is 19.3. The Balaban J connectivity index is -0.000000347. The number of carbonyl (C=O) groups excluding carboxylic acids is 3. The van der Waals surface area contributed by atoms with Crippen LogP contribution in [0.4, 0.5) is 0 Å². The molecule has 0 bridgehead atoms. The van der Waals surface area contributed by atoms with Gasteiger partial charge in [-0.25, -0.2) is 0 Å². The van der Waals surface area contributed by atoms with E-state index in [4.69, 9.17) is 25.4 Å². The highest BCUT2D eigenvalue weighted by molar-refractivity contribution is 14.1. The van der Waals surface area contributed by atoms with Gasteiger partial charge in [0.15, 0.2) is 8.32 Å². The SMILES string of the molecule is C#C[C@@H](O)CCCC(=O)OCC.CC(C)(C)[Si](C)(C)O[C@@H](/C=C/C=C/I)CC#C[Si](C)(C)C.CCNCC.CCOC(=O)CCC[C@H](O)C#C/C=C/C=C/[C@H](C)CC#C[Si](C)(C)C.CCOC(=O)CCC[C@H](O)\C=C/C=C/C=C/[C@H](C)CC#C[Si](C)(C)C. The predicted octanol–water partition coefficient (Wildman–Crippen LogP) is 16.2. The summed E-state index contributed by atoms with van der Waals surface area (Å²) in [6.07, 6.45) is 35.3. The molecule has 0 fully saturated rings. The highest BCUT2D eigenvalue weighted by Crippen LogP contribution is 2.37. The van der Waals surface area contributed by atoms with E-state index in [9.17, 15) is 24.6 Å². The maximum absolute atomic E-state index is 11.2. The molecule has 0 spiro atoms. The van der Waals surface area contributed by atoms with Crippen molar-refractivity contribution in [3.8, 4) is 58.6 Å². The van der Waals surface area contributed by atoms with E-state index in [1.54, 1.807) is 32.9 Å². The van der Waals surface area contributed by atoms with E-state index < -0.39 is 50.9 Å². The minimum absolute atomic E-state index is 0.0994. The van der Waals surface area contributed by atoms with Crippen LogP contribution in [0.25, 0.3) is 0 Å². The van der Waals surface area contributed by atoms with Gasteiger partial charge in [-0.1, -0.05) is 221 Å². The molecule has 0 aliphatic carbocycles. The fourth-order valence-electron chi connectivity index (χ4n) is 6.05. The van der Waals surface area contributed by atoms with Gasteiger partial charge in [0.25, 0.3) is 0 Å². The smallest absolute Gasteiger partial charge is 0.305 e. The van der Waals surface area contributed by atoms with Crippen LogP contribution in [0.1, 0.15) is 146 Å². The number of allylic oxidation sites excluding steroid dienone is 11. The molecule has 0 aliphatic heterocycles. The van der Waals surface area contributed by atoms with Crippen molar-refractivity contribution >= 4 is 73.0 Å². The van der Waals surface area contributed by atoms with Crippen LogP contribution < -0.4 is 5.32 Å². The van der Waals surface area contributed by atoms with Crippen LogP contribution >= 0.6 is 22.6 Å². The van der Waals surface area contributed by atoms with Gasteiger partial charge >= 0.3 is 17.9 Å². The second kappa shape index (κ2) is 57.9. The van der Waals surface area contributed by atoms with Crippen molar-refractivity contribution in [2.45, 2.75) is 248 Å². The molecule has 0 heterocycles. The molecular formula is C72H122INO10Si4. The zero-order valence-corrected chi connectivity index (χ0v) is 64.9. The number of halogens is 1. The zero-order chi connectivity index (χ0) is 68.5. The lowest BCUT2D eigenvalue weighted by molar-refractivity contribution is -0.144. The van der Waals surface area contributed by atoms with Crippen molar-refractivity contribution in [1.29, 1.82) is 0 Å². The monoisotopic (exact) mass is 1400 g/mol. The third-order valence-electron chi connectivity index (χ3n) is 11.6. The topological polar surface area (TPSA) is 161 Å². The van der Waals surface area contributed by atoms with E-state index in [0.717, 1.165) is 32.4 Å². The van der Waals surface area contributed by atoms with Crippen LogP contribution in [0, 0.1) is 70.4 Å². The lowest BCUT2D eigenvalue weighted by Crippen LogP contribution is -2.43. The molecule has 0 saturated heterocycles. The van der Waals surface area contributed by atoms with Gasteiger partial charge in [0.1, 0.15) is 36.4 Å². The maximum atomic E-state index is 11.2. The largest absolute Gasteiger partial charge is 0.466 e. The summed E-state index contributed by atoms with van der Waals surface area (Å²) in [5, 5.41) is 31.8. The van der Waals surface area contributed by atoms with E-state index in [-0.39, 0.29) is 29.1 Å². The first-order valence-electron chi connectivity index (χ1n) is 31.6. The number of ether oxygens (including phenoxy) is 3.